The molecule has 1 fully saturated rings. The molecule has 0 unspecified atom stereocenters. The molecule has 1 aliphatic heterocycles. The molecule has 0 spiro atoms. The van der Waals surface area contributed by atoms with Gasteiger partial charge in [-0.05, 0) is 55.8 Å². The van der Waals surface area contributed by atoms with E-state index in [1.165, 1.54) is 30.9 Å². The quantitative estimate of drug-likeness (QED) is 0.507. The van der Waals surface area contributed by atoms with E-state index >= 15 is 0 Å². The molecule has 2 rings (SSSR count). The van der Waals surface area contributed by atoms with Crippen LogP contribution >= 0.6 is 0 Å². The van der Waals surface area contributed by atoms with Crippen LogP contribution in [-0.2, 0) is 4.79 Å². The molecule has 1 N–H and O–H groups in total. The van der Waals surface area contributed by atoms with E-state index in [4.69, 9.17) is 9.53 Å². The number of nitrogens with one attached hydrogen (secondary N) is 1. The summed E-state index contributed by atoms with van der Waals surface area (Å²) in [7, 11) is 1.73. The molecular formula is C20H37NNaO2-. The van der Waals surface area contributed by atoms with Crippen LogP contribution in [0.5, 0.6) is 5.75 Å². The number of carbonyl (C=O) groups excluding carboxylic acids is 1. The summed E-state index contributed by atoms with van der Waals surface area (Å²) in [5, 5.41) is 3.51. The summed E-state index contributed by atoms with van der Waals surface area (Å²) in [6.07, 6.45) is 3.27. The minimum Gasteiger partial charge on any atom is -1.00 e. The predicted molar refractivity (Wildman–Crippen MR) is 102 cm³/mol. The second-order valence-corrected chi connectivity index (χ2v) is 7.06. The fourth-order valence-electron chi connectivity index (χ4n) is 2.18. The monoisotopic (exact) mass is 346 g/mol. The van der Waals surface area contributed by atoms with Crippen molar-refractivity contribution >= 4 is 6.29 Å². The summed E-state index contributed by atoms with van der Waals surface area (Å²) in [5.74, 6) is 0.996. The number of benzene rings is 1. The number of hydrogen-bond acceptors (Lipinski definition) is 3. The first-order valence-electron chi connectivity index (χ1n) is 8.01. The molecule has 0 saturated carbocycles. The Morgan fingerprint density at radius 1 is 1.29 bits per heavy atom. The Morgan fingerprint density at radius 3 is 2.17 bits per heavy atom. The standard InChI is InChI=1S/C12H17NO.C5H12.C2H4O.CH3.Na.H/c1-9-10(11-6-4-8-13-11)5-3-7-12(9)14-2;1-5(2,3)4;1-2-3;;;/h3,5,7,11,13H,4,6,8H2,1-2H3;1-4H3;2H,1H3;1H3;;/q;;;-1;+1;-1/t11-;;;;;/m1...../s1. The van der Waals surface area contributed by atoms with Crippen molar-refractivity contribution in [3.8, 4) is 5.75 Å². The van der Waals surface area contributed by atoms with Gasteiger partial charge in [-0.25, -0.2) is 0 Å². The summed E-state index contributed by atoms with van der Waals surface area (Å²) in [6, 6.07) is 6.82. The maximum absolute atomic E-state index is 8.81. The van der Waals surface area contributed by atoms with Crippen LogP contribution in [0, 0.1) is 19.8 Å². The first-order chi connectivity index (χ1) is 10.2. The van der Waals surface area contributed by atoms with Gasteiger partial charge < -0.3 is 23.7 Å². The first-order valence-corrected chi connectivity index (χ1v) is 8.01. The number of aldehydes is 1. The number of rotatable bonds is 2. The fraction of sp³-hybridized carbons (Fsp3) is 0.600. The van der Waals surface area contributed by atoms with Gasteiger partial charge in [0.2, 0.25) is 0 Å². The van der Waals surface area contributed by atoms with E-state index in [2.05, 4.69) is 52.1 Å². The van der Waals surface area contributed by atoms with Crippen LogP contribution < -0.4 is 39.6 Å². The maximum Gasteiger partial charge on any atom is 1.00 e. The second-order valence-electron chi connectivity index (χ2n) is 7.06. The van der Waals surface area contributed by atoms with E-state index in [0.717, 1.165) is 18.6 Å². The minimum absolute atomic E-state index is 0. The summed E-state index contributed by atoms with van der Waals surface area (Å²) < 4.78 is 5.32. The Morgan fingerprint density at radius 2 is 1.79 bits per heavy atom. The van der Waals surface area contributed by atoms with Crippen LogP contribution in [-0.4, -0.2) is 19.9 Å². The van der Waals surface area contributed by atoms with Crippen molar-refractivity contribution in [2.45, 2.75) is 60.4 Å². The fourth-order valence-corrected chi connectivity index (χ4v) is 2.18. The minimum atomic E-state index is 0. The van der Waals surface area contributed by atoms with Gasteiger partial charge in [0.15, 0.2) is 0 Å². The summed E-state index contributed by atoms with van der Waals surface area (Å²) in [4.78, 5) is 8.81. The molecule has 1 aromatic rings. The van der Waals surface area contributed by atoms with E-state index in [1.54, 1.807) is 7.11 Å². The van der Waals surface area contributed by atoms with E-state index in [0.29, 0.717) is 11.5 Å². The average molecular weight is 347 g/mol. The molecule has 0 aliphatic carbocycles. The van der Waals surface area contributed by atoms with E-state index < -0.39 is 0 Å². The zero-order valence-electron chi connectivity index (χ0n) is 18.3. The van der Waals surface area contributed by atoms with Gasteiger partial charge in [-0.3, -0.25) is 0 Å². The number of carbonyl (C=O) groups is 1. The van der Waals surface area contributed by atoms with Crippen LogP contribution in [0.15, 0.2) is 18.2 Å². The zero-order chi connectivity index (χ0) is 17.2. The van der Waals surface area contributed by atoms with Crippen molar-refractivity contribution in [3.05, 3.63) is 36.8 Å². The molecule has 24 heavy (non-hydrogen) atoms. The zero-order valence-corrected chi connectivity index (χ0v) is 19.3. The Hall–Kier alpha value is -0.350. The SMILES string of the molecule is CC(C)(C)C.CC=O.COc1cccc([C@H]2CCCN2)c1C.[CH3-].[H-].[Na+]. The van der Waals surface area contributed by atoms with Crippen molar-refractivity contribution in [2.24, 2.45) is 5.41 Å². The molecule has 4 heteroatoms. The number of methoxy groups -OCH3 is 1. The van der Waals surface area contributed by atoms with Crippen molar-refractivity contribution in [3.63, 3.8) is 0 Å². The maximum atomic E-state index is 8.81. The molecule has 0 aromatic heterocycles. The van der Waals surface area contributed by atoms with E-state index in [1.807, 2.05) is 6.07 Å². The third-order valence-corrected chi connectivity index (χ3v) is 2.98. The molecule has 136 valence electrons. The van der Waals surface area contributed by atoms with Gasteiger partial charge in [-0.1, -0.05) is 39.8 Å². The molecular weight excluding hydrogens is 309 g/mol. The van der Waals surface area contributed by atoms with Crippen molar-refractivity contribution < 1.29 is 40.5 Å². The van der Waals surface area contributed by atoms with Gasteiger partial charge in [0.1, 0.15) is 12.0 Å². The van der Waals surface area contributed by atoms with Crippen LogP contribution in [0.4, 0.5) is 0 Å². The van der Waals surface area contributed by atoms with Gasteiger partial charge in [-0.2, -0.15) is 0 Å². The number of hydrogen-bond donors (Lipinski definition) is 1. The molecule has 3 nitrogen and oxygen atoms in total. The third kappa shape index (κ3) is 13.0. The Labute approximate surface area is 173 Å². The van der Waals surface area contributed by atoms with Gasteiger partial charge in [-0.15, -0.1) is 0 Å². The molecule has 1 atom stereocenters. The predicted octanol–water partition coefficient (Wildman–Crippen LogP) is 2.25. The van der Waals surface area contributed by atoms with Crippen LogP contribution in [0.1, 0.15) is 66.1 Å². The van der Waals surface area contributed by atoms with Crippen LogP contribution in [0.3, 0.4) is 0 Å². The van der Waals surface area contributed by atoms with E-state index in [9.17, 15) is 0 Å². The van der Waals surface area contributed by atoms with Gasteiger partial charge in [0.25, 0.3) is 0 Å². The van der Waals surface area contributed by atoms with Gasteiger partial charge in [0, 0.05) is 6.04 Å². The van der Waals surface area contributed by atoms with E-state index in [-0.39, 0.29) is 38.4 Å². The van der Waals surface area contributed by atoms with Gasteiger partial charge >= 0.3 is 29.6 Å². The van der Waals surface area contributed by atoms with Crippen molar-refractivity contribution in [1.29, 1.82) is 0 Å². The molecule has 1 saturated heterocycles. The molecule has 0 amide bonds. The normalized spacial score (nSPS) is 15.4. The van der Waals surface area contributed by atoms with Crippen LogP contribution in [0.2, 0.25) is 0 Å². The second kappa shape index (κ2) is 14.9. The average Bonchev–Trinajstić information content (AvgIpc) is 2.92. The Balaban J connectivity index is -0.000000174. The van der Waals surface area contributed by atoms with Crippen LogP contribution in [0.25, 0.3) is 0 Å². The molecule has 1 aromatic carbocycles. The summed E-state index contributed by atoms with van der Waals surface area (Å²) in [6.45, 7) is 13.5. The summed E-state index contributed by atoms with van der Waals surface area (Å²) in [5.41, 5.74) is 3.16. The molecule has 0 bridgehead atoms. The number of ether oxygens (including phenoxy) is 1. The summed E-state index contributed by atoms with van der Waals surface area (Å²) >= 11 is 0. The molecule has 0 radical (unpaired) electrons. The Bertz CT molecular complexity index is 436. The Kier molecular flexibility index (Phi) is 17.7. The van der Waals surface area contributed by atoms with Crippen molar-refractivity contribution in [2.75, 3.05) is 13.7 Å². The largest absolute Gasteiger partial charge is 1.00 e. The molecule has 1 heterocycles. The smallest absolute Gasteiger partial charge is 1.00 e. The topological polar surface area (TPSA) is 38.3 Å². The first kappa shape index (κ1) is 28.5. The van der Waals surface area contributed by atoms with Crippen molar-refractivity contribution in [1.82, 2.24) is 5.32 Å². The molecule has 1 aliphatic rings. The van der Waals surface area contributed by atoms with Gasteiger partial charge in [0.05, 0.1) is 7.11 Å². The third-order valence-electron chi connectivity index (χ3n) is 2.98.